The summed E-state index contributed by atoms with van der Waals surface area (Å²) in [7, 11) is -3.40. The normalized spacial score (nSPS) is 12.3. The molecule has 26 heavy (non-hydrogen) atoms. The number of benzene rings is 2. The minimum absolute atomic E-state index is 0.0786. The Morgan fingerprint density at radius 3 is 2.08 bits per heavy atom. The van der Waals surface area contributed by atoms with Gasteiger partial charge in [0.15, 0.2) is 15.5 Å². The van der Waals surface area contributed by atoms with Crippen LogP contribution in [-0.4, -0.2) is 24.5 Å². The molecule has 0 saturated carbocycles. The molecule has 0 unspecified atom stereocenters. The van der Waals surface area contributed by atoms with Gasteiger partial charge in [-0.15, -0.1) is 0 Å². The number of alkyl halides is 3. The second kappa shape index (κ2) is 6.44. The number of rotatable bonds is 3. The Hall–Kier alpha value is -2.32. The van der Waals surface area contributed by atoms with Crippen LogP contribution in [0.2, 0.25) is 5.02 Å². The van der Waals surface area contributed by atoms with E-state index in [-0.39, 0.29) is 10.6 Å². The summed E-state index contributed by atoms with van der Waals surface area (Å²) in [4.78, 5) is 0.0786. The minimum Gasteiger partial charge on any atom is -0.233 e. The number of nitrogens with zero attached hydrogens (tertiary/aromatic N) is 2. The van der Waals surface area contributed by atoms with Gasteiger partial charge in [0.25, 0.3) is 0 Å². The third kappa shape index (κ3) is 3.76. The van der Waals surface area contributed by atoms with Gasteiger partial charge in [0.05, 0.1) is 16.3 Å². The van der Waals surface area contributed by atoms with E-state index in [0.29, 0.717) is 16.3 Å². The van der Waals surface area contributed by atoms with E-state index in [1.54, 1.807) is 24.3 Å². The van der Waals surface area contributed by atoms with Gasteiger partial charge in [-0.2, -0.15) is 18.3 Å². The van der Waals surface area contributed by atoms with Crippen molar-refractivity contribution in [3.8, 4) is 16.9 Å². The number of halogens is 4. The summed E-state index contributed by atoms with van der Waals surface area (Å²) in [6, 6.07) is 12.7. The molecule has 3 aromatic rings. The molecule has 0 amide bonds. The van der Waals surface area contributed by atoms with Gasteiger partial charge in [-0.05, 0) is 42.5 Å². The van der Waals surface area contributed by atoms with Gasteiger partial charge in [-0.25, -0.2) is 13.1 Å². The minimum atomic E-state index is -4.61. The monoisotopic (exact) mass is 400 g/mol. The highest BCUT2D eigenvalue weighted by atomic mass is 35.5. The van der Waals surface area contributed by atoms with E-state index in [1.807, 2.05) is 0 Å². The van der Waals surface area contributed by atoms with Crippen molar-refractivity contribution in [3.05, 3.63) is 65.3 Å². The SMILES string of the molecule is CS(=O)(=O)c1ccc(-c2cc(C(F)(F)F)nn2-c2ccc(Cl)cc2)cc1. The van der Waals surface area contributed by atoms with Crippen LogP contribution in [0.5, 0.6) is 0 Å². The molecule has 0 aliphatic heterocycles. The van der Waals surface area contributed by atoms with Crippen LogP contribution in [-0.2, 0) is 16.0 Å². The molecule has 0 fully saturated rings. The third-order valence-corrected chi connectivity index (χ3v) is 5.03. The van der Waals surface area contributed by atoms with Crippen molar-refractivity contribution >= 4 is 21.4 Å². The van der Waals surface area contributed by atoms with E-state index < -0.39 is 21.7 Å². The molecule has 3 rings (SSSR count). The van der Waals surface area contributed by atoms with Crippen LogP contribution in [0.3, 0.4) is 0 Å². The van der Waals surface area contributed by atoms with Crippen LogP contribution in [0.4, 0.5) is 13.2 Å². The molecule has 0 spiro atoms. The summed E-state index contributed by atoms with van der Waals surface area (Å²) in [6.07, 6.45) is -3.55. The summed E-state index contributed by atoms with van der Waals surface area (Å²) >= 11 is 5.83. The van der Waals surface area contributed by atoms with Crippen LogP contribution in [0.25, 0.3) is 16.9 Å². The van der Waals surface area contributed by atoms with Crippen molar-refractivity contribution in [2.24, 2.45) is 0 Å². The van der Waals surface area contributed by atoms with Crippen molar-refractivity contribution in [3.63, 3.8) is 0 Å². The maximum Gasteiger partial charge on any atom is 0.435 e. The van der Waals surface area contributed by atoms with Gasteiger partial charge in [0.1, 0.15) is 0 Å². The smallest absolute Gasteiger partial charge is 0.233 e. The predicted octanol–water partition coefficient (Wildman–Crippen LogP) is 4.62. The van der Waals surface area contributed by atoms with Gasteiger partial charge in [-0.1, -0.05) is 23.7 Å². The lowest BCUT2D eigenvalue weighted by molar-refractivity contribution is -0.141. The second-order valence-corrected chi connectivity index (χ2v) is 8.05. The van der Waals surface area contributed by atoms with E-state index in [2.05, 4.69) is 5.10 Å². The first kappa shape index (κ1) is 18.5. The zero-order valence-electron chi connectivity index (χ0n) is 13.3. The molecular formula is C17H12ClF3N2O2S. The lowest BCUT2D eigenvalue weighted by atomic mass is 10.1. The molecule has 0 saturated heterocycles. The van der Waals surface area contributed by atoms with Crippen molar-refractivity contribution in [1.29, 1.82) is 0 Å². The molecule has 136 valence electrons. The van der Waals surface area contributed by atoms with E-state index in [0.717, 1.165) is 17.0 Å². The fourth-order valence-corrected chi connectivity index (χ4v) is 3.13. The summed E-state index contributed by atoms with van der Waals surface area (Å²) in [6.45, 7) is 0. The molecule has 4 nitrogen and oxygen atoms in total. The lowest BCUT2D eigenvalue weighted by Gasteiger charge is -2.08. The van der Waals surface area contributed by atoms with Gasteiger partial charge in [0.2, 0.25) is 0 Å². The first-order chi connectivity index (χ1) is 12.1. The number of aromatic nitrogens is 2. The van der Waals surface area contributed by atoms with Crippen LogP contribution >= 0.6 is 11.6 Å². The highest BCUT2D eigenvalue weighted by molar-refractivity contribution is 7.90. The fourth-order valence-electron chi connectivity index (χ4n) is 2.38. The molecule has 2 aromatic carbocycles. The summed E-state index contributed by atoms with van der Waals surface area (Å²) < 4.78 is 63.6. The molecule has 0 N–H and O–H groups in total. The highest BCUT2D eigenvalue weighted by Gasteiger charge is 2.35. The lowest BCUT2D eigenvalue weighted by Crippen LogP contribution is -2.07. The number of hydrogen-bond acceptors (Lipinski definition) is 3. The summed E-state index contributed by atoms with van der Waals surface area (Å²) in [5.74, 6) is 0. The quantitative estimate of drug-likeness (QED) is 0.645. The number of hydrogen-bond donors (Lipinski definition) is 0. The summed E-state index contributed by atoms with van der Waals surface area (Å²) in [5.41, 5.74) is -0.0724. The van der Waals surface area contributed by atoms with Gasteiger partial charge in [-0.3, -0.25) is 0 Å². The third-order valence-electron chi connectivity index (χ3n) is 3.65. The van der Waals surface area contributed by atoms with Crippen LogP contribution < -0.4 is 0 Å². The fraction of sp³-hybridized carbons (Fsp3) is 0.118. The Labute approximate surface area is 152 Å². The van der Waals surface area contributed by atoms with E-state index in [9.17, 15) is 21.6 Å². The van der Waals surface area contributed by atoms with Gasteiger partial charge >= 0.3 is 6.18 Å². The Kier molecular flexibility index (Phi) is 4.58. The van der Waals surface area contributed by atoms with Crippen molar-refractivity contribution < 1.29 is 21.6 Å². The standard InChI is InChI=1S/C17H12ClF3N2O2S/c1-26(24,25)14-8-2-11(3-9-14)15-10-16(17(19,20)21)22-23(15)13-6-4-12(18)5-7-13/h2-10H,1H3. The maximum atomic E-state index is 13.1. The Morgan fingerprint density at radius 2 is 1.58 bits per heavy atom. The van der Waals surface area contributed by atoms with Crippen LogP contribution in [0.15, 0.2) is 59.5 Å². The molecule has 1 aromatic heterocycles. The molecule has 0 atom stereocenters. The van der Waals surface area contributed by atoms with E-state index in [4.69, 9.17) is 11.6 Å². The summed E-state index contributed by atoms with van der Waals surface area (Å²) in [5, 5.41) is 4.10. The predicted molar refractivity (Wildman–Crippen MR) is 92.1 cm³/mol. The highest BCUT2D eigenvalue weighted by Crippen LogP contribution is 2.33. The molecule has 0 aliphatic carbocycles. The van der Waals surface area contributed by atoms with Crippen molar-refractivity contribution in [2.75, 3.05) is 6.26 Å². The molecule has 0 radical (unpaired) electrons. The van der Waals surface area contributed by atoms with Crippen LogP contribution in [0.1, 0.15) is 5.69 Å². The Balaban J connectivity index is 2.16. The molecule has 0 bridgehead atoms. The first-order valence-electron chi connectivity index (χ1n) is 7.29. The Morgan fingerprint density at radius 1 is 1.00 bits per heavy atom. The molecular weight excluding hydrogens is 389 g/mol. The van der Waals surface area contributed by atoms with E-state index in [1.165, 1.54) is 24.3 Å². The average molecular weight is 401 g/mol. The molecule has 1 heterocycles. The molecule has 0 aliphatic rings. The van der Waals surface area contributed by atoms with E-state index >= 15 is 0 Å². The van der Waals surface area contributed by atoms with Crippen molar-refractivity contribution in [1.82, 2.24) is 9.78 Å². The van der Waals surface area contributed by atoms with Gasteiger partial charge in [0, 0.05) is 16.8 Å². The van der Waals surface area contributed by atoms with Gasteiger partial charge < -0.3 is 0 Å². The first-order valence-corrected chi connectivity index (χ1v) is 9.56. The second-order valence-electron chi connectivity index (χ2n) is 5.60. The zero-order chi connectivity index (χ0) is 19.1. The van der Waals surface area contributed by atoms with Crippen molar-refractivity contribution in [2.45, 2.75) is 11.1 Å². The number of sulfone groups is 1. The van der Waals surface area contributed by atoms with Crippen LogP contribution in [0, 0.1) is 0 Å². The topological polar surface area (TPSA) is 52.0 Å². The molecule has 9 heteroatoms. The largest absolute Gasteiger partial charge is 0.435 e. The Bertz CT molecular complexity index is 1040. The maximum absolute atomic E-state index is 13.1. The zero-order valence-corrected chi connectivity index (χ0v) is 14.9. The average Bonchev–Trinajstić information content (AvgIpc) is 3.00.